The number of rotatable bonds is 14. The average Bonchev–Trinajstić information content (AvgIpc) is 3.53. The van der Waals surface area contributed by atoms with Crippen LogP contribution in [0, 0.1) is 0 Å². The molecule has 10 nitrogen and oxygen atoms in total. The van der Waals surface area contributed by atoms with Crippen LogP contribution in [0.4, 0.5) is 22.7 Å². The fourth-order valence-corrected chi connectivity index (χ4v) is 4.13. The lowest BCUT2D eigenvalue weighted by molar-refractivity contribution is 0.300. The van der Waals surface area contributed by atoms with Crippen LogP contribution in [-0.2, 0) is 0 Å². The zero-order chi connectivity index (χ0) is 26.0. The van der Waals surface area contributed by atoms with Crippen LogP contribution in [0.3, 0.4) is 0 Å². The van der Waals surface area contributed by atoms with Gasteiger partial charge < -0.3 is 32.4 Å². The molecule has 2 aliphatic rings. The van der Waals surface area contributed by atoms with Gasteiger partial charge in [-0.1, -0.05) is 9.98 Å². The molecule has 0 unspecified atom stereocenters. The molecule has 0 spiro atoms. The summed E-state index contributed by atoms with van der Waals surface area (Å²) in [5.41, 5.74) is 26.0. The highest BCUT2D eigenvalue weighted by molar-refractivity contribution is 5.86. The molecule has 8 N–H and O–H groups in total. The van der Waals surface area contributed by atoms with E-state index in [9.17, 15) is 0 Å². The minimum absolute atomic E-state index is 0.552. The van der Waals surface area contributed by atoms with Crippen LogP contribution in [0.25, 0.3) is 0 Å². The Morgan fingerprint density at radius 2 is 1.08 bits per heavy atom. The first-order chi connectivity index (χ1) is 18.0. The Balaban J connectivity index is 1.12. The van der Waals surface area contributed by atoms with Crippen molar-refractivity contribution in [1.29, 1.82) is 0 Å². The van der Waals surface area contributed by atoms with Crippen molar-refractivity contribution in [3.8, 4) is 11.5 Å². The maximum Gasteiger partial charge on any atom is 0.298 e. The molecule has 4 rings (SSSR count). The monoisotopic (exact) mass is 504 g/mol. The van der Waals surface area contributed by atoms with Crippen molar-refractivity contribution in [1.82, 2.24) is 19.8 Å². The third-order valence-electron chi connectivity index (χ3n) is 6.08. The number of ether oxygens (including phenoxy) is 2. The molecule has 37 heavy (non-hydrogen) atoms. The summed E-state index contributed by atoms with van der Waals surface area (Å²) in [4.78, 5) is 13.4. The first-order valence-electron chi connectivity index (χ1n) is 12.5. The van der Waals surface area contributed by atoms with Crippen molar-refractivity contribution >= 4 is 34.4 Å². The van der Waals surface area contributed by atoms with Gasteiger partial charge in [-0.05, 0) is 30.7 Å². The van der Waals surface area contributed by atoms with Crippen molar-refractivity contribution < 1.29 is 9.47 Å². The number of nitrogens with two attached hydrogens (primary N) is 4. The predicted octanol–water partition coefficient (Wildman–Crippen LogP) is 2.47. The van der Waals surface area contributed by atoms with E-state index < -0.39 is 0 Å². The maximum absolute atomic E-state index is 5.95. The summed E-state index contributed by atoms with van der Waals surface area (Å²) in [6.07, 6.45) is 12.1. The molecule has 2 aromatic carbocycles. The molecule has 0 aliphatic carbocycles. The van der Waals surface area contributed by atoms with E-state index in [1.165, 1.54) is 0 Å². The van der Waals surface area contributed by atoms with E-state index in [2.05, 4.69) is 19.8 Å². The van der Waals surface area contributed by atoms with Crippen LogP contribution in [-0.4, -0.2) is 47.8 Å². The first-order valence-corrected chi connectivity index (χ1v) is 12.5. The lowest BCUT2D eigenvalue weighted by Gasteiger charge is -2.13. The molecule has 0 amide bonds. The van der Waals surface area contributed by atoms with Gasteiger partial charge in [-0.15, -0.1) is 0 Å². The summed E-state index contributed by atoms with van der Waals surface area (Å²) in [5, 5.41) is 0. The number of benzene rings is 2. The van der Waals surface area contributed by atoms with Crippen LogP contribution >= 0.6 is 0 Å². The van der Waals surface area contributed by atoms with Gasteiger partial charge in [0.1, 0.15) is 23.9 Å². The van der Waals surface area contributed by atoms with Gasteiger partial charge in [0.25, 0.3) is 11.7 Å². The summed E-state index contributed by atoms with van der Waals surface area (Å²) in [6.45, 7) is 2.75. The van der Waals surface area contributed by atoms with Gasteiger partial charge in [-0.25, -0.2) is 9.80 Å². The minimum atomic E-state index is 0.552. The number of nitrogens with zero attached hydrogens (tertiary/aromatic N) is 4. The minimum Gasteiger partial charge on any atom is -0.491 e. The maximum atomic E-state index is 5.95. The van der Waals surface area contributed by atoms with Crippen molar-refractivity contribution in [3.63, 3.8) is 0 Å². The van der Waals surface area contributed by atoms with E-state index in [4.69, 9.17) is 32.4 Å². The van der Waals surface area contributed by atoms with Gasteiger partial charge in [0, 0.05) is 36.3 Å². The van der Waals surface area contributed by atoms with Crippen LogP contribution < -0.4 is 42.4 Å². The van der Waals surface area contributed by atoms with Gasteiger partial charge in [0.05, 0.1) is 50.5 Å². The zero-order valence-electron chi connectivity index (χ0n) is 21.1. The largest absolute Gasteiger partial charge is 0.491 e. The lowest BCUT2D eigenvalue weighted by atomic mass is 10.2. The van der Waals surface area contributed by atoms with E-state index in [0.717, 1.165) is 56.9 Å². The SMILES string of the molecule is Nc1ccc(N)c(OCCCN2C=C[N+]=C2CCCC2=[N+]C=CN2CCCOc2cc(N)ccc2N)c1. The Morgan fingerprint density at radius 1 is 0.622 bits per heavy atom. The molecule has 0 fully saturated rings. The summed E-state index contributed by atoms with van der Waals surface area (Å²) in [5.74, 6) is 3.38. The van der Waals surface area contributed by atoms with Gasteiger partial charge in [-0.3, -0.25) is 0 Å². The second kappa shape index (κ2) is 12.6. The van der Waals surface area contributed by atoms with Crippen molar-refractivity contribution in [2.75, 3.05) is 49.2 Å². The zero-order valence-corrected chi connectivity index (χ0v) is 21.1. The predicted molar refractivity (Wildman–Crippen MR) is 151 cm³/mol. The van der Waals surface area contributed by atoms with Crippen molar-refractivity contribution in [2.24, 2.45) is 0 Å². The van der Waals surface area contributed by atoms with Gasteiger partial charge in [-0.2, -0.15) is 0 Å². The smallest absolute Gasteiger partial charge is 0.298 e. The quantitative estimate of drug-likeness (QED) is 0.226. The third-order valence-corrected chi connectivity index (χ3v) is 6.08. The molecule has 2 aromatic rings. The second-order valence-electron chi connectivity index (χ2n) is 8.93. The van der Waals surface area contributed by atoms with Crippen molar-refractivity contribution in [2.45, 2.75) is 32.1 Å². The van der Waals surface area contributed by atoms with E-state index in [1.54, 1.807) is 36.4 Å². The molecular formula is C27H36N8O2+2. The standard InChI is InChI=1S/C27H36N8O2/c28-20-6-8-22(30)24(18-20)36-16-2-12-34-14-10-32-26(34)4-1-5-27-33-11-15-35(27)13-3-17-37-25-19-21(29)7-9-23(25)31/h6-11,14-15,18-19H,1-5,12-13,16-17,28-31H2/q+2. The fraction of sp³-hybridized carbons (Fsp3) is 0.333. The molecule has 10 heteroatoms. The Labute approximate surface area is 217 Å². The summed E-state index contributed by atoms with van der Waals surface area (Å²) >= 11 is 0. The Bertz CT molecular complexity index is 1100. The molecule has 0 saturated carbocycles. The number of hydrogen-bond donors (Lipinski definition) is 4. The summed E-state index contributed by atoms with van der Waals surface area (Å²) in [7, 11) is 0. The number of anilines is 4. The fourth-order valence-electron chi connectivity index (χ4n) is 4.13. The molecule has 0 atom stereocenters. The van der Waals surface area contributed by atoms with Crippen LogP contribution in [0.1, 0.15) is 32.1 Å². The topological polar surface area (TPSA) is 157 Å². The highest BCUT2D eigenvalue weighted by Gasteiger charge is 2.26. The van der Waals surface area contributed by atoms with Crippen molar-refractivity contribution in [3.05, 3.63) is 61.2 Å². The van der Waals surface area contributed by atoms with E-state index >= 15 is 0 Å². The Morgan fingerprint density at radius 3 is 1.54 bits per heavy atom. The number of amidine groups is 2. The van der Waals surface area contributed by atoms with E-state index in [1.807, 2.05) is 24.8 Å². The highest BCUT2D eigenvalue weighted by Crippen LogP contribution is 2.25. The van der Waals surface area contributed by atoms with Gasteiger partial charge in [0.15, 0.2) is 12.4 Å². The first kappa shape index (κ1) is 25.7. The molecule has 2 aliphatic heterocycles. The van der Waals surface area contributed by atoms with E-state index in [-0.39, 0.29) is 0 Å². The van der Waals surface area contributed by atoms with Gasteiger partial charge >= 0.3 is 0 Å². The lowest BCUT2D eigenvalue weighted by Crippen LogP contribution is -2.29. The molecule has 2 heterocycles. The van der Waals surface area contributed by atoms with E-state index in [0.29, 0.717) is 47.5 Å². The molecule has 0 aromatic heterocycles. The van der Waals surface area contributed by atoms with Crippen LogP contribution in [0.2, 0.25) is 0 Å². The second-order valence-corrected chi connectivity index (χ2v) is 8.93. The van der Waals surface area contributed by atoms with Crippen LogP contribution in [0.5, 0.6) is 11.5 Å². The number of nitrogen functional groups attached to an aromatic ring is 4. The molecular weight excluding hydrogens is 468 g/mol. The Kier molecular flexibility index (Phi) is 8.75. The molecule has 0 saturated heterocycles. The number of hydrogen-bond acceptors (Lipinski definition) is 10. The molecule has 194 valence electrons. The van der Waals surface area contributed by atoms with Gasteiger partial charge in [0.2, 0.25) is 0 Å². The Hall–Kier alpha value is -4.34. The normalized spacial score (nSPS) is 14.3. The highest BCUT2D eigenvalue weighted by atomic mass is 16.5. The number of aliphatic imine (C=N–C) groups is 2. The average molecular weight is 505 g/mol. The molecule has 0 bridgehead atoms. The third kappa shape index (κ3) is 7.33. The molecule has 2 radical (unpaired) electrons. The van der Waals surface area contributed by atoms with Crippen LogP contribution in [0.15, 0.2) is 61.2 Å². The summed E-state index contributed by atoms with van der Waals surface area (Å²) in [6, 6.07) is 10.6. The summed E-state index contributed by atoms with van der Waals surface area (Å²) < 4.78 is 11.6.